The molecule has 0 spiro atoms. The van der Waals surface area contributed by atoms with Gasteiger partial charge in [-0.1, -0.05) is 35.9 Å². The molecular formula is C20H26N2O4S. The van der Waals surface area contributed by atoms with Gasteiger partial charge < -0.3 is 10.1 Å². The van der Waals surface area contributed by atoms with Gasteiger partial charge in [-0.2, -0.15) is 4.31 Å². The van der Waals surface area contributed by atoms with Crippen LogP contribution in [0.25, 0.3) is 0 Å². The van der Waals surface area contributed by atoms with Crippen LogP contribution in [0.1, 0.15) is 25.0 Å². The first-order chi connectivity index (χ1) is 12.6. The standard InChI is InChI=1S/C20H26N2O4S/c1-15(2)26-19-7-5-6-18(12-19)21-20(23)14-22(27(4,24)25)13-17-10-8-16(3)9-11-17/h5-12,15H,13-14H2,1-4H3,(H,21,23). The Labute approximate surface area is 161 Å². The number of hydrogen-bond acceptors (Lipinski definition) is 4. The Morgan fingerprint density at radius 2 is 1.81 bits per heavy atom. The number of amides is 1. The SMILES string of the molecule is Cc1ccc(CN(CC(=O)Nc2cccc(OC(C)C)c2)S(C)(=O)=O)cc1. The minimum absolute atomic E-state index is 0.0196. The zero-order valence-electron chi connectivity index (χ0n) is 16.1. The number of carbonyl (C=O) groups is 1. The van der Waals surface area contributed by atoms with Crippen molar-refractivity contribution in [3.05, 3.63) is 59.7 Å². The zero-order valence-corrected chi connectivity index (χ0v) is 16.9. The average molecular weight is 391 g/mol. The Bertz CT molecular complexity index is 877. The van der Waals surface area contributed by atoms with E-state index in [-0.39, 0.29) is 19.2 Å². The van der Waals surface area contributed by atoms with E-state index in [1.165, 1.54) is 0 Å². The second-order valence-electron chi connectivity index (χ2n) is 6.76. The van der Waals surface area contributed by atoms with Crippen LogP contribution in [0.4, 0.5) is 5.69 Å². The fourth-order valence-electron chi connectivity index (χ4n) is 2.47. The van der Waals surface area contributed by atoms with E-state index in [0.29, 0.717) is 11.4 Å². The molecule has 2 aromatic rings. The molecule has 0 heterocycles. The molecule has 0 aliphatic rings. The van der Waals surface area contributed by atoms with E-state index in [9.17, 15) is 13.2 Å². The Morgan fingerprint density at radius 1 is 1.15 bits per heavy atom. The van der Waals surface area contributed by atoms with E-state index in [4.69, 9.17) is 4.74 Å². The summed E-state index contributed by atoms with van der Waals surface area (Å²) in [6.07, 6.45) is 1.12. The molecular weight excluding hydrogens is 364 g/mol. The van der Waals surface area contributed by atoms with Crippen molar-refractivity contribution >= 4 is 21.6 Å². The predicted octanol–water partition coefficient (Wildman–Crippen LogP) is 3.18. The fraction of sp³-hybridized carbons (Fsp3) is 0.350. The molecule has 2 aromatic carbocycles. The summed E-state index contributed by atoms with van der Waals surface area (Å²) >= 11 is 0. The molecule has 0 bridgehead atoms. The quantitative estimate of drug-likeness (QED) is 0.751. The summed E-state index contributed by atoms with van der Waals surface area (Å²) in [6, 6.07) is 14.6. The minimum atomic E-state index is -3.54. The maximum Gasteiger partial charge on any atom is 0.239 e. The van der Waals surface area contributed by atoms with E-state index >= 15 is 0 Å². The summed E-state index contributed by atoms with van der Waals surface area (Å²) in [5, 5.41) is 2.73. The van der Waals surface area contributed by atoms with E-state index in [1.54, 1.807) is 24.3 Å². The van der Waals surface area contributed by atoms with E-state index < -0.39 is 15.9 Å². The molecule has 7 heteroatoms. The van der Waals surface area contributed by atoms with Crippen molar-refractivity contribution in [1.29, 1.82) is 0 Å². The minimum Gasteiger partial charge on any atom is -0.491 e. The topological polar surface area (TPSA) is 75.7 Å². The first-order valence-corrected chi connectivity index (χ1v) is 10.6. The van der Waals surface area contributed by atoms with Gasteiger partial charge in [0.25, 0.3) is 0 Å². The number of carbonyl (C=O) groups excluding carboxylic acids is 1. The van der Waals surface area contributed by atoms with Crippen LogP contribution in [0.5, 0.6) is 5.75 Å². The molecule has 0 aromatic heterocycles. The van der Waals surface area contributed by atoms with Crippen molar-refractivity contribution < 1.29 is 17.9 Å². The smallest absolute Gasteiger partial charge is 0.239 e. The molecule has 0 radical (unpaired) electrons. The molecule has 0 fully saturated rings. The Kier molecular flexibility index (Phi) is 6.98. The van der Waals surface area contributed by atoms with Gasteiger partial charge in [-0.25, -0.2) is 8.42 Å². The van der Waals surface area contributed by atoms with E-state index in [2.05, 4.69) is 5.32 Å². The molecule has 0 atom stereocenters. The molecule has 0 aliphatic carbocycles. The van der Waals surface area contributed by atoms with Crippen LogP contribution >= 0.6 is 0 Å². The number of anilines is 1. The van der Waals surface area contributed by atoms with Crippen LogP contribution in [-0.4, -0.2) is 37.5 Å². The van der Waals surface area contributed by atoms with Gasteiger partial charge >= 0.3 is 0 Å². The van der Waals surface area contributed by atoms with Crippen LogP contribution in [0.15, 0.2) is 48.5 Å². The van der Waals surface area contributed by atoms with Crippen LogP contribution in [-0.2, 0) is 21.4 Å². The van der Waals surface area contributed by atoms with Crippen LogP contribution in [0.2, 0.25) is 0 Å². The van der Waals surface area contributed by atoms with Crippen molar-refractivity contribution in [2.45, 2.75) is 33.4 Å². The van der Waals surface area contributed by atoms with Gasteiger partial charge in [0.15, 0.2) is 0 Å². The number of nitrogens with zero attached hydrogens (tertiary/aromatic N) is 1. The third kappa shape index (κ3) is 7.03. The summed E-state index contributed by atoms with van der Waals surface area (Å²) in [4.78, 5) is 12.4. The van der Waals surface area contributed by atoms with Gasteiger partial charge in [0.1, 0.15) is 5.75 Å². The first kappa shape index (κ1) is 20.9. The van der Waals surface area contributed by atoms with Crippen molar-refractivity contribution in [3.8, 4) is 5.75 Å². The molecule has 6 nitrogen and oxygen atoms in total. The summed E-state index contributed by atoms with van der Waals surface area (Å²) in [5.74, 6) is 0.233. The summed E-state index contributed by atoms with van der Waals surface area (Å²) in [5.41, 5.74) is 2.47. The summed E-state index contributed by atoms with van der Waals surface area (Å²) in [7, 11) is -3.54. The number of ether oxygens (including phenoxy) is 1. The lowest BCUT2D eigenvalue weighted by molar-refractivity contribution is -0.116. The molecule has 2 rings (SSSR count). The number of nitrogens with one attached hydrogen (secondary N) is 1. The second-order valence-corrected chi connectivity index (χ2v) is 8.74. The van der Waals surface area contributed by atoms with Gasteiger partial charge in [-0.15, -0.1) is 0 Å². The predicted molar refractivity (Wildman–Crippen MR) is 107 cm³/mol. The highest BCUT2D eigenvalue weighted by Gasteiger charge is 2.20. The second kappa shape index (κ2) is 9.01. The normalized spacial score (nSPS) is 11.6. The molecule has 0 aliphatic heterocycles. The van der Waals surface area contributed by atoms with Crippen LogP contribution < -0.4 is 10.1 Å². The van der Waals surface area contributed by atoms with Gasteiger partial charge in [-0.3, -0.25) is 4.79 Å². The van der Waals surface area contributed by atoms with Gasteiger partial charge in [-0.05, 0) is 38.5 Å². The maximum absolute atomic E-state index is 12.4. The Balaban J connectivity index is 2.06. The number of rotatable bonds is 8. The van der Waals surface area contributed by atoms with Crippen molar-refractivity contribution in [3.63, 3.8) is 0 Å². The third-order valence-corrected chi connectivity index (χ3v) is 4.95. The van der Waals surface area contributed by atoms with Crippen molar-refractivity contribution in [1.82, 2.24) is 4.31 Å². The molecule has 1 amide bonds. The molecule has 27 heavy (non-hydrogen) atoms. The molecule has 1 N–H and O–H groups in total. The first-order valence-electron chi connectivity index (χ1n) is 8.71. The fourth-order valence-corrected chi connectivity index (χ4v) is 3.20. The third-order valence-electron chi connectivity index (χ3n) is 3.76. The summed E-state index contributed by atoms with van der Waals surface area (Å²) < 4.78 is 30.9. The highest BCUT2D eigenvalue weighted by molar-refractivity contribution is 7.88. The lowest BCUT2D eigenvalue weighted by Crippen LogP contribution is -2.36. The van der Waals surface area contributed by atoms with Crippen LogP contribution in [0, 0.1) is 6.92 Å². The molecule has 0 saturated heterocycles. The maximum atomic E-state index is 12.4. The highest BCUT2D eigenvalue weighted by atomic mass is 32.2. The number of benzene rings is 2. The van der Waals surface area contributed by atoms with E-state index in [1.807, 2.05) is 45.0 Å². The number of sulfonamides is 1. The number of aryl methyl sites for hydroxylation is 1. The van der Waals surface area contributed by atoms with Crippen molar-refractivity contribution in [2.75, 3.05) is 18.1 Å². The zero-order chi connectivity index (χ0) is 20.0. The van der Waals surface area contributed by atoms with Crippen molar-refractivity contribution in [2.24, 2.45) is 0 Å². The van der Waals surface area contributed by atoms with Gasteiger partial charge in [0, 0.05) is 18.3 Å². The largest absolute Gasteiger partial charge is 0.491 e. The monoisotopic (exact) mass is 390 g/mol. The average Bonchev–Trinajstić information content (AvgIpc) is 2.55. The Morgan fingerprint density at radius 3 is 2.41 bits per heavy atom. The summed E-state index contributed by atoms with van der Waals surface area (Å²) in [6.45, 7) is 5.67. The van der Waals surface area contributed by atoms with Crippen LogP contribution in [0.3, 0.4) is 0 Å². The molecule has 146 valence electrons. The lowest BCUT2D eigenvalue weighted by atomic mass is 10.1. The van der Waals surface area contributed by atoms with Gasteiger partial charge in [0.05, 0.1) is 18.9 Å². The Hall–Kier alpha value is -2.38. The molecule has 0 unspecified atom stereocenters. The molecule has 0 saturated carbocycles. The number of hydrogen-bond donors (Lipinski definition) is 1. The van der Waals surface area contributed by atoms with E-state index in [0.717, 1.165) is 21.7 Å². The lowest BCUT2D eigenvalue weighted by Gasteiger charge is -2.20. The van der Waals surface area contributed by atoms with Gasteiger partial charge in [0.2, 0.25) is 15.9 Å². The highest BCUT2D eigenvalue weighted by Crippen LogP contribution is 2.19.